The average molecular weight is 408 g/mol. The number of carbonyl (C=O) groups excluding carboxylic acids is 2. The molecule has 1 aromatic carbocycles. The third kappa shape index (κ3) is 3.87. The topological polar surface area (TPSA) is 85.8 Å². The Morgan fingerprint density at radius 2 is 1.97 bits per heavy atom. The van der Waals surface area contributed by atoms with Crippen LogP contribution >= 0.6 is 0 Å². The van der Waals surface area contributed by atoms with Crippen LogP contribution in [0.25, 0.3) is 11.7 Å². The summed E-state index contributed by atoms with van der Waals surface area (Å²) in [4.78, 5) is 32.1. The molecular formula is C23H24N2O5. The van der Waals surface area contributed by atoms with Crippen molar-refractivity contribution in [2.45, 2.75) is 52.2 Å². The number of benzene rings is 1. The maximum absolute atomic E-state index is 13.3. The van der Waals surface area contributed by atoms with Gasteiger partial charge in [-0.3, -0.25) is 9.69 Å². The first-order valence-electron chi connectivity index (χ1n) is 9.86. The van der Waals surface area contributed by atoms with E-state index in [4.69, 9.17) is 13.6 Å². The zero-order chi connectivity index (χ0) is 21.5. The van der Waals surface area contributed by atoms with E-state index < -0.39 is 17.6 Å². The van der Waals surface area contributed by atoms with Crippen molar-refractivity contribution in [3.8, 4) is 11.7 Å². The first-order chi connectivity index (χ1) is 14.2. The molecule has 0 unspecified atom stereocenters. The number of anilines is 1. The predicted octanol–water partition coefficient (Wildman–Crippen LogP) is 4.09. The number of furan rings is 1. The largest absolute Gasteiger partial charge is 0.459 e. The SMILES string of the molecule is Cc1oc(-c2ccco2)nc1CC(=O)N1c2ccccc2C[C@@H]1C(=O)OC(C)(C)C. The zero-order valence-electron chi connectivity index (χ0n) is 17.5. The molecule has 3 aromatic rings. The summed E-state index contributed by atoms with van der Waals surface area (Å²) >= 11 is 0. The first kappa shape index (κ1) is 19.9. The molecule has 30 heavy (non-hydrogen) atoms. The maximum atomic E-state index is 13.3. The van der Waals surface area contributed by atoms with E-state index in [1.54, 1.807) is 19.1 Å². The van der Waals surface area contributed by atoms with E-state index in [1.165, 1.54) is 11.2 Å². The molecule has 7 heteroatoms. The molecule has 0 spiro atoms. The van der Waals surface area contributed by atoms with Crippen LogP contribution in [0.4, 0.5) is 5.69 Å². The van der Waals surface area contributed by atoms with Gasteiger partial charge in [0.1, 0.15) is 17.4 Å². The number of hydrogen-bond acceptors (Lipinski definition) is 6. The van der Waals surface area contributed by atoms with Crippen molar-refractivity contribution in [2.75, 3.05) is 4.90 Å². The summed E-state index contributed by atoms with van der Waals surface area (Å²) in [6, 6.07) is 10.3. The van der Waals surface area contributed by atoms with Crippen LogP contribution < -0.4 is 4.90 Å². The molecule has 7 nitrogen and oxygen atoms in total. The summed E-state index contributed by atoms with van der Waals surface area (Å²) in [7, 11) is 0. The number of esters is 1. The fourth-order valence-electron chi connectivity index (χ4n) is 3.58. The average Bonchev–Trinajstić information content (AvgIpc) is 3.38. The van der Waals surface area contributed by atoms with E-state index in [0.29, 0.717) is 29.5 Å². The van der Waals surface area contributed by atoms with Crippen molar-refractivity contribution >= 4 is 17.6 Å². The highest BCUT2D eigenvalue weighted by atomic mass is 16.6. The number of aromatic nitrogens is 1. The van der Waals surface area contributed by atoms with Crippen LogP contribution in [-0.4, -0.2) is 28.5 Å². The van der Waals surface area contributed by atoms with Crippen LogP contribution in [0.1, 0.15) is 37.8 Å². The van der Waals surface area contributed by atoms with Crippen LogP contribution in [-0.2, 0) is 27.2 Å². The van der Waals surface area contributed by atoms with E-state index in [1.807, 2.05) is 45.0 Å². The number of fused-ring (bicyclic) bond motifs is 1. The lowest BCUT2D eigenvalue weighted by Gasteiger charge is -2.27. The number of carbonyl (C=O) groups is 2. The van der Waals surface area contributed by atoms with E-state index in [-0.39, 0.29) is 12.3 Å². The quantitative estimate of drug-likeness (QED) is 0.605. The van der Waals surface area contributed by atoms with Gasteiger partial charge in [0, 0.05) is 12.1 Å². The number of amides is 1. The molecule has 0 fully saturated rings. The molecule has 0 bridgehead atoms. The zero-order valence-corrected chi connectivity index (χ0v) is 17.5. The molecule has 3 heterocycles. The van der Waals surface area contributed by atoms with Crippen molar-refractivity contribution in [1.29, 1.82) is 0 Å². The summed E-state index contributed by atoms with van der Waals surface area (Å²) in [6.07, 6.45) is 1.96. The highest BCUT2D eigenvalue weighted by molar-refractivity contribution is 6.03. The molecule has 1 aliphatic rings. The van der Waals surface area contributed by atoms with E-state index in [2.05, 4.69) is 4.98 Å². The summed E-state index contributed by atoms with van der Waals surface area (Å²) in [5.41, 5.74) is 1.54. The monoisotopic (exact) mass is 408 g/mol. The lowest BCUT2D eigenvalue weighted by atomic mass is 10.1. The summed E-state index contributed by atoms with van der Waals surface area (Å²) in [5, 5.41) is 0. The molecule has 0 N–H and O–H groups in total. The Labute approximate surface area is 174 Å². The van der Waals surface area contributed by atoms with Crippen LogP contribution in [0.15, 0.2) is 51.5 Å². The maximum Gasteiger partial charge on any atom is 0.330 e. The smallest absolute Gasteiger partial charge is 0.330 e. The van der Waals surface area contributed by atoms with E-state index in [0.717, 1.165) is 11.3 Å². The molecule has 0 aliphatic carbocycles. The van der Waals surface area contributed by atoms with Gasteiger partial charge in [-0.25, -0.2) is 9.78 Å². The Kier molecular flexibility index (Phi) is 4.97. The molecule has 1 atom stereocenters. The van der Waals surface area contributed by atoms with Crippen molar-refractivity contribution in [1.82, 2.24) is 4.98 Å². The van der Waals surface area contributed by atoms with Crippen molar-refractivity contribution < 1.29 is 23.2 Å². The van der Waals surface area contributed by atoms with Crippen LogP contribution in [0.3, 0.4) is 0 Å². The van der Waals surface area contributed by atoms with Gasteiger partial charge >= 0.3 is 5.97 Å². The van der Waals surface area contributed by atoms with Crippen LogP contribution in [0.5, 0.6) is 0 Å². The lowest BCUT2D eigenvalue weighted by molar-refractivity contribution is -0.157. The Balaban J connectivity index is 1.61. The fraction of sp³-hybridized carbons (Fsp3) is 0.348. The van der Waals surface area contributed by atoms with Gasteiger partial charge in [0.25, 0.3) is 5.89 Å². The number of para-hydroxylation sites is 1. The lowest BCUT2D eigenvalue weighted by Crippen LogP contribution is -2.46. The van der Waals surface area contributed by atoms with Gasteiger partial charge in [-0.05, 0) is 51.5 Å². The van der Waals surface area contributed by atoms with Crippen molar-refractivity contribution in [3.05, 3.63) is 59.7 Å². The second-order valence-corrected chi connectivity index (χ2v) is 8.32. The molecule has 1 aliphatic heterocycles. The molecule has 1 amide bonds. The minimum Gasteiger partial charge on any atom is -0.459 e. The second-order valence-electron chi connectivity index (χ2n) is 8.32. The number of oxazole rings is 1. The second kappa shape index (κ2) is 7.48. The van der Waals surface area contributed by atoms with Crippen molar-refractivity contribution in [2.24, 2.45) is 0 Å². The Hall–Kier alpha value is -3.35. The molecular weight excluding hydrogens is 384 g/mol. The molecule has 156 valence electrons. The van der Waals surface area contributed by atoms with Gasteiger partial charge in [-0.2, -0.15) is 0 Å². The number of hydrogen-bond donors (Lipinski definition) is 0. The van der Waals surface area contributed by atoms with Gasteiger partial charge in [0.2, 0.25) is 5.91 Å². The number of ether oxygens (including phenoxy) is 1. The highest BCUT2D eigenvalue weighted by Crippen LogP contribution is 2.34. The number of rotatable bonds is 4. The normalized spacial score (nSPS) is 15.9. The number of aryl methyl sites for hydroxylation is 1. The summed E-state index contributed by atoms with van der Waals surface area (Å²) in [6.45, 7) is 7.20. The Morgan fingerprint density at radius 1 is 1.20 bits per heavy atom. The number of nitrogens with zero attached hydrogens (tertiary/aromatic N) is 2. The van der Waals surface area contributed by atoms with Gasteiger partial charge in [0.05, 0.1) is 18.4 Å². The highest BCUT2D eigenvalue weighted by Gasteiger charge is 2.40. The van der Waals surface area contributed by atoms with E-state index in [9.17, 15) is 9.59 Å². The van der Waals surface area contributed by atoms with Gasteiger partial charge in [0.15, 0.2) is 5.76 Å². The summed E-state index contributed by atoms with van der Waals surface area (Å²) in [5.74, 6) is 0.704. The van der Waals surface area contributed by atoms with E-state index >= 15 is 0 Å². The third-order valence-electron chi connectivity index (χ3n) is 4.87. The minimum absolute atomic E-state index is 0.00364. The molecule has 2 aromatic heterocycles. The van der Waals surface area contributed by atoms with Crippen LogP contribution in [0, 0.1) is 6.92 Å². The molecule has 0 radical (unpaired) electrons. The fourth-order valence-corrected chi connectivity index (χ4v) is 3.58. The van der Waals surface area contributed by atoms with Crippen molar-refractivity contribution in [3.63, 3.8) is 0 Å². The summed E-state index contributed by atoms with van der Waals surface area (Å²) < 4.78 is 16.6. The Morgan fingerprint density at radius 3 is 2.67 bits per heavy atom. The molecule has 4 rings (SSSR count). The molecule has 0 saturated heterocycles. The van der Waals surface area contributed by atoms with Gasteiger partial charge < -0.3 is 13.6 Å². The predicted molar refractivity (Wildman–Crippen MR) is 110 cm³/mol. The standard InChI is InChI=1S/C23H24N2O5/c1-14-16(24-21(29-14)19-10-7-11-28-19)13-20(26)25-17-9-6-5-8-15(17)12-18(25)22(27)30-23(2,3)4/h5-11,18H,12-13H2,1-4H3/t18-/m1/s1. The molecule has 0 saturated carbocycles. The minimum atomic E-state index is -0.703. The van der Waals surface area contributed by atoms with Gasteiger partial charge in [-0.1, -0.05) is 18.2 Å². The third-order valence-corrected chi connectivity index (χ3v) is 4.87. The van der Waals surface area contributed by atoms with Crippen LogP contribution in [0.2, 0.25) is 0 Å². The van der Waals surface area contributed by atoms with Gasteiger partial charge in [-0.15, -0.1) is 0 Å². The first-order valence-corrected chi connectivity index (χ1v) is 9.86. The Bertz CT molecular complexity index is 1080.